The molecule has 2 aliphatic rings. The first-order valence-corrected chi connectivity index (χ1v) is 15.5. The molecule has 2 aliphatic heterocycles. The second kappa shape index (κ2) is 21.7. The predicted molar refractivity (Wildman–Crippen MR) is 166 cm³/mol. The normalized spacial score (nSPS) is 14.7. The summed E-state index contributed by atoms with van der Waals surface area (Å²) in [5.41, 5.74) is 3.57. The number of nitrogens with zero attached hydrogens (tertiary/aromatic N) is 1. The van der Waals surface area contributed by atoms with E-state index in [1.807, 2.05) is 36.4 Å². The van der Waals surface area contributed by atoms with Gasteiger partial charge in [-0.25, -0.2) is 0 Å². The van der Waals surface area contributed by atoms with Gasteiger partial charge < -0.3 is 24.3 Å². The lowest BCUT2D eigenvalue weighted by molar-refractivity contribution is -0.141. The summed E-state index contributed by atoms with van der Waals surface area (Å²) in [6, 6.07) is 14.9. The van der Waals surface area contributed by atoms with Crippen molar-refractivity contribution in [1.29, 1.82) is 0 Å². The van der Waals surface area contributed by atoms with E-state index in [1.54, 1.807) is 12.1 Å². The quantitative estimate of drug-likeness (QED) is 0.215. The van der Waals surface area contributed by atoms with Crippen molar-refractivity contribution in [2.24, 2.45) is 0 Å². The molecule has 0 saturated carbocycles. The minimum absolute atomic E-state index is 0.0293. The highest BCUT2D eigenvalue weighted by molar-refractivity contribution is 9.08. The number of morpholine rings is 2. The number of Topliss-reactive ketones (excluding diaryl/α,β-unsaturated/α-hetero) is 2. The Kier molecular flexibility index (Phi) is 18.3. The van der Waals surface area contributed by atoms with Crippen molar-refractivity contribution in [3.05, 3.63) is 70.8 Å². The maximum Gasteiger partial charge on any atom is 0.305 e. The van der Waals surface area contributed by atoms with Crippen LogP contribution >= 0.6 is 15.9 Å². The summed E-state index contributed by atoms with van der Waals surface area (Å²) in [5, 5.41) is 3.93. The molecule has 2 aromatic carbocycles. The number of benzene rings is 2. The topological polar surface area (TPSA) is 120 Å². The number of esters is 2. The number of nitrogens with one attached hydrogen (secondary N) is 1. The highest BCUT2D eigenvalue weighted by atomic mass is 79.9. The Morgan fingerprint density at radius 3 is 1.51 bits per heavy atom. The largest absolute Gasteiger partial charge is 0.469 e. The van der Waals surface area contributed by atoms with Crippen LogP contribution in [0, 0.1) is 0 Å². The molecular formula is C32H43BrN2O8. The number of hydrogen-bond acceptors (Lipinski definition) is 10. The third-order valence-corrected chi connectivity index (χ3v) is 7.28. The molecule has 4 rings (SSSR count). The van der Waals surface area contributed by atoms with Crippen LogP contribution in [0.3, 0.4) is 0 Å². The molecule has 0 atom stereocenters. The minimum Gasteiger partial charge on any atom is -0.469 e. The van der Waals surface area contributed by atoms with Crippen molar-refractivity contribution < 1.29 is 38.1 Å². The molecule has 0 unspecified atom stereocenters. The number of halogens is 1. The molecule has 11 heteroatoms. The van der Waals surface area contributed by atoms with E-state index in [0.717, 1.165) is 70.0 Å². The van der Waals surface area contributed by atoms with Gasteiger partial charge in [-0.2, -0.15) is 0 Å². The third kappa shape index (κ3) is 15.4. The highest BCUT2D eigenvalue weighted by Crippen LogP contribution is 2.12. The molecule has 10 nitrogen and oxygen atoms in total. The van der Waals surface area contributed by atoms with E-state index >= 15 is 0 Å². The van der Waals surface area contributed by atoms with Crippen molar-refractivity contribution in [3.63, 3.8) is 0 Å². The second-order valence-corrected chi connectivity index (χ2v) is 10.3. The fourth-order valence-corrected chi connectivity index (χ4v) is 4.41. The molecule has 236 valence electrons. The Balaban J connectivity index is 0.000000257. The van der Waals surface area contributed by atoms with Crippen molar-refractivity contribution >= 4 is 39.4 Å². The first kappa shape index (κ1) is 36.2. The van der Waals surface area contributed by atoms with Crippen LogP contribution in [0.4, 0.5) is 0 Å². The van der Waals surface area contributed by atoms with E-state index in [-0.39, 0.29) is 49.2 Å². The number of carbonyl (C=O) groups excluding carboxylic acids is 4. The molecule has 2 saturated heterocycles. The maximum atomic E-state index is 11.9. The number of carbonyl (C=O) groups is 4. The van der Waals surface area contributed by atoms with Crippen molar-refractivity contribution in [2.45, 2.75) is 37.6 Å². The Morgan fingerprint density at radius 1 is 0.698 bits per heavy atom. The van der Waals surface area contributed by atoms with Gasteiger partial charge in [-0.05, 0) is 11.1 Å². The third-order valence-electron chi connectivity index (χ3n) is 6.63. The van der Waals surface area contributed by atoms with Crippen LogP contribution in [-0.4, -0.2) is 95.2 Å². The van der Waals surface area contributed by atoms with Gasteiger partial charge in [0.25, 0.3) is 0 Å². The van der Waals surface area contributed by atoms with E-state index in [9.17, 15) is 19.2 Å². The lowest BCUT2D eigenvalue weighted by Gasteiger charge is -2.26. The molecule has 0 aliphatic carbocycles. The molecule has 0 amide bonds. The average Bonchev–Trinajstić information content (AvgIpc) is 3.08. The Hall–Kier alpha value is -2.96. The lowest BCUT2D eigenvalue weighted by atomic mass is 10.0. The molecule has 0 bridgehead atoms. The zero-order chi connectivity index (χ0) is 31.3. The number of ketones is 2. The van der Waals surface area contributed by atoms with Crippen LogP contribution in [0.5, 0.6) is 0 Å². The van der Waals surface area contributed by atoms with Crippen LogP contribution in [-0.2, 0) is 40.4 Å². The zero-order valence-corrected chi connectivity index (χ0v) is 26.7. The average molecular weight is 664 g/mol. The van der Waals surface area contributed by atoms with Crippen LogP contribution in [0.15, 0.2) is 48.5 Å². The summed E-state index contributed by atoms with van der Waals surface area (Å²) in [7, 11) is 2.64. The SMILES string of the molecule is C1COCCN1.COC(=O)CCC(=O)c1ccc(CBr)cc1.COC(=O)CCC(=O)c1ccc(CN2CCOCC2)cc1. The molecule has 2 aromatic rings. The number of methoxy groups -OCH3 is 2. The maximum absolute atomic E-state index is 11.9. The fraction of sp³-hybridized carbons (Fsp3) is 0.500. The Labute approximate surface area is 262 Å². The van der Waals surface area contributed by atoms with Crippen LogP contribution in [0.1, 0.15) is 57.5 Å². The molecule has 2 fully saturated rings. The number of rotatable bonds is 11. The van der Waals surface area contributed by atoms with E-state index in [4.69, 9.17) is 9.47 Å². The van der Waals surface area contributed by atoms with E-state index in [0.29, 0.717) is 11.1 Å². The van der Waals surface area contributed by atoms with E-state index in [2.05, 4.69) is 35.6 Å². The van der Waals surface area contributed by atoms with Gasteiger partial charge in [0, 0.05) is 62.0 Å². The van der Waals surface area contributed by atoms with Gasteiger partial charge in [0.2, 0.25) is 0 Å². The predicted octanol–water partition coefficient (Wildman–Crippen LogP) is 3.98. The first-order chi connectivity index (χ1) is 20.9. The van der Waals surface area contributed by atoms with Gasteiger partial charge in [-0.1, -0.05) is 64.5 Å². The van der Waals surface area contributed by atoms with Crippen LogP contribution < -0.4 is 5.32 Å². The first-order valence-electron chi connectivity index (χ1n) is 14.4. The van der Waals surface area contributed by atoms with Crippen LogP contribution in [0.2, 0.25) is 0 Å². The van der Waals surface area contributed by atoms with Crippen molar-refractivity contribution in [3.8, 4) is 0 Å². The van der Waals surface area contributed by atoms with Gasteiger partial charge in [0.05, 0.1) is 53.5 Å². The van der Waals surface area contributed by atoms with E-state index < -0.39 is 0 Å². The second-order valence-electron chi connectivity index (χ2n) is 9.78. The molecule has 0 spiro atoms. The van der Waals surface area contributed by atoms with Gasteiger partial charge >= 0.3 is 11.9 Å². The van der Waals surface area contributed by atoms with Crippen molar-refractivity contribution in [2.75, 3.05) is 66.8 Å². The lowest BCUT2D eigenvalue weighted by Crippen LogP contribution is -2.35. The summed E-state index contributed by atoms with van der Waals surface area (Å²) in [6.45, 7) is 8.16. The van der Waals surface area contributed by atoms with Gasteiger partial charge in [0.15, 0.2) is 11.6 Å². The number of alkyl halides is 1. The smallest absolute Gasteiger partial charge is 0.305 e. The molecule has 2 heterocycles. The highest BCUT2D eigenvalue weighted by Gasteiger charge is 2.13. The summed E-state index contributed by atoms with van der Waals surface area (Å²) < 4.78 is 19.3. The molecular weight excluding hydrogens is 620 g/mol. The Morgan fingerprint density at radius 2 is 1.14 bits per heavy atom. The zero-order valence-electron chi connectivity index (χ0n) is 25.1. The standard InChI is InChI=1S/C16H21NO4.C12H13BrO3.C4H9NO/c1-20-16(19)7-6-15(18)14-4-2-13(3-5-14)12-17-8-10-21-11-9-17;1-16-12(15)7-6-11(14)10-4-2-9(8-13)3-5-10;1-3-6-4-2-5-1/h2-5H,6-12H2,1H3;2-5H,6-8H2,1H3;5H,1-4H2. The summed E-state index contributed by atoms with van der Waals surface area (Å²) in [5.74, 6) is -0.775. The van der Waals surface area contributed by atoms with Crippen molar-refractivity contribution in [1.82, 2.24) is 10.2 Å². The fourth-order valence-electron chi connectivity index (χ4n) is 4.03. The summed E-state index contributed by atoms with van der Waals surface area (Å²) in [4.78, 5) is 47.8. The van der Waals surface area contributed by atoms with Gasteiger partial charge in [0.1, 0.15) is 0 Å². The molecule has 0 radical (unpaired) electrons. The molecule has 0 aromatic heterocycles. The molecule has 43 heavy (non-hydrogen) atoms. The number of ether oxygens (including phenoxy) is 4. The van der Waals surface area contributed by atoms with Gasteiger partial charge in [-0.3, -0.25) is 24.1 Å². The summed E-state index contributed by atoms with van der Waals surface area (Å²) >= 11 is 3.33. The van der Waals surface area contributed by atoms with E-state index in [1.165, 1.54) is 19.8 Å². The monoisotopic (exact) mass is 662 g/mol. The molecule has 1 N–H and O–H groups in total. The van der Waals surface area contributed by atoms with Crippen LogP contribution in [0.25, 0.3) is 0 Å². The minimum atomic E-state index is -0.356. The Bertz CT molecular complexity index is 1100. The van der Waals surface area contributed by atoms with Gasteiger partial charge in [-0.15, -0.1) is 0 Å². The number of hydrogen-bond donors (Lipinski definition) is 1. The summed E-state index contributed by atoms with van der Waals surface area (Å²) in [6.07, 6.45) is 0.649.